The van der Waals surface area contributed by atoms with E-state index in [0.29, 0.717) is 17.4 Å². The van der Waals surface area contributed by atoms with Gasteiger partial charge in [-0.25, -0.2) is 14.3 Å². The molecule has 0 spiro atoms. The molecule has 1 fully saturated rings. The molecule has 1 saturated carbocycles. The highest BCUT2D eigenvalue weighted by Crippen LogP contribution is 2.18. The molecule has 1 aliphatic carbocycles. The molecular formula is C14H19N5O. The third kappa shape index (κ3) is 2.59. The number of rotatable bonds is 3. The van der Waals surface area contributed by atoms with Gasteiger partial charge in [-0.2, -0.15) is 5.10 Å². The van der Waals surface area contributed by atoms with E-state index in [1.54, 1.807) is 4.52 Å². The molecule has 0 saturated heterocycles. The molecule has 2 heterocycles. The first-order valence-electron chi connectivity index (χ1n) is 7.18. The van der Waals surface area contributed by atoms with Crippen molar-refractivity contribution in [2.75, 3.05) is 5.32 Å². The summed E-state index contributed by atoms with van der Waals surface area (Å²) in [5.74, 6) is 0.774. The number of carbonyl (C=O) groups is 1. The van der Waals surface area contributed by atoms with Crippen LogP contribution in [0.2, 0.25) is 0 Å². The average Bonchev–Trinajstić information content (AvgIpc) is 3.07. The van der Waals surface area contributed by atoms with Crippen LogP contribution in [0.3, 0.4) is 0 Å². The second kappa shape index (κ2) is 5.48. The van der Waals surface area contributed by atoms with Gasteiger partial charge in [0.05, 0.1) is 5.69 Å². The molecule has 0 aromatic carbocycles. The van der Waals surface area contributed by atoms with Crippen LogP contribution in [0.15, 0.2) is 18.3 Å². The number of aromatic nitrogens is 3. The minimum atomic E-state index is -0.161. The van der Waals surface area contributed by atoms with E-state index >= 15 is 0 Å². The minimum absolute atomic E-state index is 0.161. The van der Waals surface area contributed by atoms with E-state index in [0.717, 1.165) is 25.1 Å². The van der Waals surface area contributed by atoms with Crippen molar-refractivity contribution in [1.82, 2.24) is 19.9 Å². The number of anilines is 1. The van der Waals surface area contributed by atoms with Crippen molar-refractivity contribution in [1.29, 1.82) is 0 Å². The molecule has 106 valence electrons. The Bertz CT molecular complexity index is 615. The fraction of sp³-hybridized carbons (Fsp3) is 0.500. The molecule has 2 aromatic rings. The van der Waals surface area contributed by atoms with Crippen molar-refractivity contribution in [3.8, 4) is 0 Å². The molecule has 0 radical (unpaired) electrons. The Morgan fingerprint density at radius 3 is 3.00 bits per heavy atom. The third-order valence-corrected chi connectivity index (χ3v) is 3.66. The Morgan fingerprint density at radius 1 is 1.45 bits per heavy atom. The summed E-state index contributed by atoms with van der Waals surface area (Å²) in [7, 11) is 0. The molecular weight excluding hydrogens is 254 g/mol. The van der Waals surface area contributed by atoms with Crippen molar-refractivity contribution in [2.24, 2.45) is 0 Å². The third-order valence-electron chi connectivity index (χ3n) is 3.66. The Balaban J connectivity index is 1.75. The molecule has 0 bridgehead atoms. The van der Waals surface area contributed by atoms with Gasteiger partial charge in [0.25, 0.3) is 0 Å². The number of urea groups is 1. The van der Waals surface area contributed by atoms with Crippen LogP contribution in [0.4, 0.5) is 10.5 Å². The van der Waals surface area contributed by atoms with E-state index < -0.39 is 0 Å². The van der Waals surface area contributed by atoms with Crippen LogP contribution in [-0.2, 0) is 6.42 Å². The summed E-state index contributed by atoms with van der Waals surface area (Å²) >= 11 is 0. The van der Waals surface area contributed by atoms with Crippen molar-refractivity contribution in [3.63, 3.8) is 0 Å². The molecule has 3 rings (SSSR count). The maximum Gasteiger partial charge on any atom is 0.319 e. The molecule has 6 nitrogen and oxygen atoms in total. The van der Waals surface area contributed by atoms with Crippen LogP contribution in [0, 0.1) is 0 Å². The summed E-state index contributed by atoms with van der Waals surface area (Å²) < 4.78 is 1.70. The van der Waals surface area contributed by atoms with Gasteiger partial charge in [-0.1, -0.05) is 19.8 Å². The Hall–Kier alpha value is -2.11. The lowest BCUT2D eigenvalue weighted by atomic mass is 10.2. The summed E-state index contributed by atoms with van der Waals surface area (Å²) in [6, 6.07) is 3.84. The molecule has 2 amide bonds. The zero-order chi connectivity index (χ0) is 13.9. The predicted octanol–water partition coefficient (Wildman–Crippen LogP) is 2.36. The maximum absolute atomic E-state index is 12.0. The van der Waals surface area contributed by atoms with Crippen molar-refractivity contribution >= 4 is 17.4 Å². The highest BCUT2D eigenvalue weighted by molar-refractivity contribution is 5.93. The lowest BCUT2D eigenvalue weighted by molar-refractivity contribution is 0.248. The molecule has 1 aliphatic rings. The van der Waals surface area contributed by atoms with Crippen molar-refractivity contribution in [2.45, 2.75) is 45.1 Å². The van der Waals surface area contributed by atoms with E-state index in [9.17, 15) is 4.79 Å². The van der Waals surface area contributed by atoms with Crippen LogP contribution >= 0.6 is 0 Å². The van der Waals surface area contributed by atoms with Gasteiger partial charge in [-0.05, 0) is 25.0 Å². The lowest BCUT2D eigenvalue weighted by Crippen LogP contribution is -2.36. The predicted molar refractivity (Wildman–Crippen MR) is 76.8 cm³/mol. The molecule has 0 atom stereocenters. The summed E-state index contributed by atoms with van der Waals surface area (Å²) in [5, 5.41) is 10.2. The summed E-state index contributed by atoms with van der Waals surface area (Å²) in [6.45, 7) is 2.01. The van der Waals surface area contributed by atoms with Crippen LogP contribution < -0.4 is 10.6 Å². The SMILES string of the molecule is CCc1nc2c(NC(=O)NC3CCCC3)cccn2n1. The Kier molecular flexibility index (Phi) is 3.54. The molecule has 20 heavy (non-hydrogen) atoms. The van der Waals surface area contributed by atoms with E-state index in [-0.39, 0.29) is 6.03 Å². The minimum Gasteiger partial charge on any atom is -0.335 e. The quantitative estimate of drug-likeness (QED) is 0.901. The molecule has 2 N–H and O–H groups in total. The number of pyridine rings is 1. The smallest absolute Gasteiger partial charge is 0.319 e. The van der Waals surface area contributed by atoms with E-state index in [1.807, 2.05) is 25.3 Å². The topological polar surface area (TPSA) is 71.3 Å². The number of hydrogen-bond acceptors (Lipinski definition) is 3. The number of nitrogens with zero attached hydrogens (tertiary/aromatic N) is 3. The van der Waals surface area contributed by atoms with E-state index in [2.05, 4.69) is 20.7 Å². The molecule has 6 heteroatoms. The zero-order valence-corrected chi connectivity index (χ0v) is 11.6. The fourth-order valence-corrected chi connectivity index (χ4v) is 2.61. The zero-order valence-electron chi connectivity index (χ0n) is 11.6. The first-order valence-corrected chi connectivity index (χ1v) is 7.18. The standard InChI is InChI=1S/C14H19N5O/c1-2-12-17-13-11(8-5-9-19(13)18-12)16-14(20)15-10-6-3-4-7-10/h5,8-10H,2-4,6-7H2,1H3,(H2,15,16,20). The first kappa shape index (κ1) is 12.9. The number of amides is 2. The number of aryl methyl sites for hydroxylation is 1. The number of hydrogen-bond donors (Lipinski definition) is 2. The lowest BCUT2D eigenvalue weighted by Gasteiger charge is -2.13. The maximum atomic E-state index is 12.0. The molecule has 0 aliphatic heterocycles. The first-order chi connectivity index (χ1) is 9.76. The Labute approximate surface area is 117 Å². The van der Waals surface area contributed by atoms with Crippen molar-refractivity contribution < 1.29 is 4.79 Å². The van der Waals surface area contributed by atoms with Crippen molar-refractivity contribution in [3.05, 3.63) is 24.2 Å². The normalized spacial score (nSPS) is 15.7. The van der Waals surface area contributed by atoms with Gasteiger partial charge in [-0.3, -0.25) is 0 Å². The average molecular weight is 273 g/mol. The number of carbonyl (C=O) groups excluding carboxylic acids is 1. The van der Waals surface area contributed by atoms with E-state index in [4.69, 9.17) is 0 Å². The molecule has 2 aromatic heterocycles. The van der Waals surface area contributed by atoms with Gasteiger partial charge in [0, 0.05) is 18.7 Å². The summed E-state index contributed by atoms with van der Waals surface area (Å²) in [4.78, 5) is 16.4. The van der Waals surface area contributed by atoms with E-state index in [1.165, 1.54) is 12.8 Å². The second-order valence-corrected chi connectivity index (χ2v) is 5.15. The highest BCUT2D eigenvalue weighted by Gasteiger charge is 2.17. The number of nitrogens with one attached hydrogen (secondary N) is 2. The van der Waals surface area contributed by atoms with Gasteiger partial charge in [0.2, 0.25) is 0 Å². The highest BCUT2D eigenvalue weighted by atomic mass is 16.2. The molecule has 0 unspecified atom stereocenters. The largest absolute Gasteiger partial charge is 0.335 e. The van der Waals surface area contributed by atoms with Crippen LogP contribution in [0.25, 0.3) is 5.65 Å². The van der Waals surface area contributed by atoms with Gasteiger partial charge >= 0.3 is 6.03 Å². The summed E-state index contributed by atoms with van der Waals surface area (Å²) in [5.41, 5.74) is 1.38. The monoisotopic (exact) mass is 273 g/mol. The van der Waals surface area contributed by atoms with Crippen LogP contribution in [-0.4, -0.2) is 26.7 Å². The second-order valence-electron chi connectivity index (χ2n) is 5.15. The van der Waals surface area contributed by atoms with Crippen LogP contribution in [0.5, 0.6) is 0 Å². The van der Waals surface area contributed by atoms with Gasteiger partial charge in [0.15, 0.2) is 11.5 Å². The van der Waals surface area contributed by atoms with Crippen LogP contribution in [0.1, 0.15) is 38.4 Å². The van der Waals surface area contributed by atoms with Gasteiger partial charge in [0.1, 0.15) is 0 Å². The number of fused-ring (bicyclic) bond motifs is 1. The summed E-state index contributed by atoms with van der Waals surface area (Å²) in [6.07, 6.45) is 7.15. The Morgan fingerprint density at radius 2 is 2.25 bits per heavy atom. The van der Waals surface area contributed by atoms with Gasteiger partial charge in [-0.15, -0.1) is 0 Å². The van der Waals surface area contributed by atoms with Gasteiger partial charge < -0.3 is 10.6 Å². The fourth-order valence-electron chi connectivity index (χ4n) is 2.61.